The lowest BCUT2D eigenvalue weighted by atomic mass is 10.2. The molecule has 0 saturated heterocycles. The number of hydrogen-bond acceptors (Lipinski definition) is 4. The summed E-state index contributed by atoms with van der Waals surface area (Å²) in [5.41, 5.74) is 0.923. The Morgan fingerprint density at radius 2 is 2.25 bits per heavy atom. The summed E-state index contributed by atoms with van der Waals surface area (Å²) in [7, 11) is 0. The van der Waals surface area contributed by atoms with Crippen molar-refractivity contribution >= 4 is 18.4 Å². The Bertz CT molecular complexity index is 617. The minimum atomic E-state index is 0.461. The van der Waals surface area contributed by atoms with E-state index in [-0.39, 0.29) is 0 Å². The molecule has 0 aliphatic carbocycles. The highest BCUT2D eigenvalue weighted by Gasteiger charge is 2.00. The highest BCUT2D eigenvalue weighted by Crippen LogP contribution is 2.16. The zero-order valence-corrected chi connectivity index (χ0v) is 12.3. The lowest BCUT2D eigenvalue weighted by molar-refractivity contribution is 0.306. The molecule has 0 saturated carbocycles. The molecule has 0 aliphatic heterocycles. The van der Waals surface area contributed by atoms with Gasteiger partial charge in [-0.2, -0.15) is 14.9 Å². The van der Waals surface area contributed by atoms with Crippen LogP contribution in [0.4, 0.5) is 0 Å². The molecule has 1 heterocycles. The monoisotopic (exact) mass is 290 g/mol. The van der Waals surface area contributed by atoms with Crippen LogP contribution in [0.3, 0.4) is 0 Å². The highest BCUT2D eigenvalue weighted by atomic mass is 32.1. The standard InChI is InChI=1S/C14H18N4OS/c1-2-3-6-9-19-13-8-5-4-7-12(13)10-16-18-11-15-17-14(18)20/h4-5,7-8,10-11H,2-3,6,9H2,1H3,(H,17,20)/b16-10+. The van der Waals surface area contributed by atoms with Gasteiger partial charge >= 0.3 is 0 Å². The van der Waals surface area contributed by atoms with Crippen molar-refractivity contribution in [3.05, 3.63) is 40.9 Å². The molecule has 0 fully saturated rings. The van der Waals surface area contributed by atoms with Gasteiger partial charge in [-0.15, -0.1) is 0 Å². The Kier molecular flexibility index (Phi) is 5.49. The van der Waals surface area contributed by atoms with Crippen LogP contribution >= 0.6 is 12.2 Å². The maximum Gasteiger partial charge on any atom is 0.216 e. The number of benzene rings is 1. The molecule has 6 heteroatoms. The number of nitrogens with one attached hydrogen (secondary N) is 1. The Hall–Kier alpha value is -1.95. The van der Waals surface area contributed by atoms with E-state index in [0.717, 1.165) is 24.3 Å². The van der Waals surface area contributed by atoms with Crippen molar-refractivity contribution in [1.82, 2.24) is 14.9 Å². The number of hydrogen-bond donors (Lipinski definition) is 1. The van der Waals surface area contributed by atoms with Crippen LogP contribution in [0.25, 0.3) is 0 Å². The van der Waals surface area contributed by atoms with E-state index < -0.39 is 0 Å². The molecule has 1 N–H and O–H groups in total. The van der Waals surface area contributed by atoms with Crippen LogP contribution in [-0.4, -0.2) is 27.7 Å². The number of H-pyrrole nitrogens is 1. The van der Waals surface area contributed by atoms with Crippen LogP contribution < -0.4 is 4.74 Å². The van der Waals surface area contributed by atoms with Crippen LogP contribution in [-0.2, 0) is 0 Å². The lowest BCUT2D eigenvalue weighted by Gasteiger charge is -2.08. The minimum Gasteiger partial charge on any atom is -0.493 e. The second kappa shape index (κ2) is 7.59. The van der Waals surface area contributed by atoms with Gasteiger partial charge < -0.3 is 4.74 Å². The van der Waals surface area contributed by atoms with Crippen molar-refractivity contribution < 1.29 is 4.74 Å². The normalized spacial score (nSPS) is 11.1. The summed E-state index contributed by atoms with van der Waals surface area (Å²) in [6.07, 6.45) is 6.68. The van der Waals surface area contributed by atoms with E-state index in [1.807, 2.05) is 24.3 Å². The lowest BCUT2D eigenvalue weighted by Crippen LogP contribution is -2.00. The first-order chi connectivity index (χ1) is 9.81. The molecule has 0 spiro atoms. The van der Waals surface area contributed by atoms with Crippen LogP contribution in [0, 0.1) is 4.77 Å². The third-order valence-electron chi connectivity index (χ3n) is 2.78. The zero-order chi connectivity index (χ0) is 14.2. The van der Waals surface area contributed by atoms with Gasteiger partial charge in [-0.1, -0.05) is 31.9 Å². The molecule has 2 aromatic rings. The van der Waals surface area contributed by atoms with E-state index in [9.17, 15) is 0 Å². The number of aromatic nitrogens is 3. The molecular weight excluding hydrogens is 272 g/mol. The van der Waals surface area contributed by atoms with Crippen molar-refractivity contribution in [3.8, 4) is 5.75 Å². The Morgan fingerprint density at radius 3 is 3.00 bits per heavy atom. The third kappa shape index (κ3) is 4.03. The SMILES string of the molecule is CCCCCOc1ccccc1/C=N/n1cn[nH]c1=S. The smallest absolute Gasteiger partial charge is 0.216 e. The van der Waals surface area contributed by atoms with Gasteiger partial charge in [-0.05, 0) is 30.8 Å². The average Bonchev–Trinajstić information content (AvgIpc) is 2.88. The minimum absolute atomic E-state index is 0.461. The van der Waals surface area contributed by atoms with Crippen LogP contribution in [0.1, 0.15) is 31.7 Å². The maximum atomic E-state index is 5.79. The van der Waals surface area contributed by atoms with Crippen molar-refractivity contribution in [2.45, 2.75) is 26.2 Å². The molecule has 0 atom stereocenters. The van der Waals surface area contributed by atoms with Crippen molar-refractivity contribution in [2.75, 3.05) is 6.61 Å². The van der Waals surface area contributed by atoms with Gasteiger partial charge in [0.25, 0.3) is 0 Å². The summed E-state index contributed by atoms with van der Waals surface area (Å²) >= 11 is 5.03. The molecule has 0 bridgehead atoms. The first-order valence-corrected chi connectivity index (χ1v) is 7.10. The average molecular weight is 290 g/mol. The second-order valence-electron chi connectivity index (χ2n) is 4.34. The van der Waals surface area contributed by atoms with Crippen molar-refractivity contribution in [3.63, 3.8) is 0 Å². The first-order valence-electron chi connectivity index (χ1n) is 6.69. The molecule has 20 heavy (non-hydrogen) atoms. The largest absolute Gasteiger partial charge is 0.493 e. The molecule has 106 valence electrons. The summed E-state index contributed by atoms with van der Waals surface area (Å²) in [4.78, 5) is 0. The molecule has 0 unspecified atom stereocenters. The van der Waals surface area contributed by atoms with Gasteiger partial charge in [0.2, 0.25) is 4.77 Å². The molecule has 2 rings (SSSR count). The van der Waals surface area contributed by atoms with E-state index in [0.29, 0.717) is 4.77 Å². The zero-order valence-electron chi connectivity index (χ0n) is 11.5. The van der Waals surface area contributed by atoms with Crippen LogP contribution in [0.2, 0.25) is 0 Å². The fourth-order valence-corrected chi connectivity index (χ4v) is 1.85. The number of ether oxygens (including phenoxy) is 1. The fourth-order valence-electron chi connectivity index (χ4n) is 1.70. The van der Waals surface area contributed by atoms with Gasteiger partial charge in [-0.3, -0.25) is 5.10 Å². The van der Waals surface area contributed by atoms with Gasteiger partial charge in [0.05, 0.1) is 12.8 Å². The molecular formula is C14H18N4OS. The van der Waals surface area contributed by atoms with E-state index in [2.05, 4.69) is 22.2 Å². The van der Waals surface area contributed by atoms with Gasteiger partial charge in [0.15, 0.2) is 0 Å². The van der Waals surface area contributed by atoms with Gasteiger partial charge in [-0.25, -0.2) is 0 Å². The predicted molar refractivity (Wildman–Crippen MR) is 81.9 cm³/mol. The highest BCUT2D eigenvalue weighted by molar-refractivity contribution is 7.71. The predicted octanol–water partition coefficient (Wildman–Crippen LogP) is 3.39. The van der Waals surface area contributed by atoms with Crippen LogP contribution in [0.15, 0.2) is 35.7 Å². The second-order valence-corrected chi connectivity index (χ2v) is 4.73. The summed E-state index contributed by atoms with van der Waals surface area (Å²) in [6.45, 7) is 2.90. The summed E-state index contributed by atoms with van der Waals surface area (Å²) in [5, 5.41) is 10.7. The van der Waals surface area contributed by atoms with E-state index in [1.165, 1.54) is 23.8 Å². The molecule has 1 aromatic carbocycles. The fraction of sp³-hybridized carbons (Fsp3) is 0.357. The van der Waals surface area contributed by atoms with Gasteiger partial charge in [0, 0.05) is 5.56 Å². The molecule has 0 amide bonds. The van der Waals surface area contributed by atoms with Crippen molar-refractivity contribution in [2.24, 2.45) is 5.10 Å². The van der Waals surface area contributed by atoms with Crippen molar-refractivity contribution in [1.29, 1.82) is 0 Å². The molecule has 0 radical (unpaired) electrons. The number of rotatable bonds is 7. The Balaban J connectivity index is 2.06. The van der Waals surface area contributed by atoms with Crippen LogP contribution in [0.5, 0.6) is 5.75 Å². The topological polar surface area (TPSA) is 55.2 Å². The maximum absolute atomic E-state index is 5.79. The first kappa shape index (κ1) is 14.5. The van der Waals surface area contributed by atoms with E-state index >= 15 is 0 Å². The number of para-hydroxylation sites is 1. The van der Waals surface area contributed by atoms with Gasteiger partial charge in [0.1, 0.15) is 12.1 Å². The summed E-state index contributed by atoms with van der Waals surface area (Å²) in [6, 6.07) is 7.81. The Labute approximate surface area is 123 Å². The number of unbranched alkanes of at least 4 members (excludes halogenated alkanes) is 2. The number of nitrogens with zero attached hydrogens (tertiary/aromatic N) is 3. The molecule has 0 aliphatic rings. The quantitative estimate of drug-likeness (QED) is 0.483. The number of aromatic amines is 1. The Morgan fingerprint density at radius 1 is 1.40 bits per heavy atom. The third-order valence-corrected chi connectivity index (χ3v) is 3.06. The summed E-state index contributed by atoms with van der Waals surface area (Å²) < 4.78 is 7.75. The van der Waals surface area contributed by atoms with E-state index in [4.69, 9.17) is 17.0 Å². The van der Waals surface area contributed by atoms with E-state index in [1.54, 1.807) is 6.21 Å². The summed E-state index contributed by atoms with van der Waals surface area (Å²) in [5.74, 6) is 0.836. The molecule has 1 aromatic heterocycles. The molecule has 5 nitrogen and oxygen atoms in total.